The van der Waals surface area contributed by atoms with Gasteiger partial charge in [-0.05, 0) is 51.1 Å². The van der Waals surface area contributed by atoms with E-state index < -0.39 is 10.0 Å². The highest BCUT2D eigenvalue weighted by molar-refractivity contribution is 7.92. The molecule has 26 heavy (non-hydrogen) atoms. The topological polar surface area (TPSA) is 83.6 Å². The number of Topliss-reactive ketones (excluding diaryl/α,β-unsaturated/α-hetero) is 1. The van der Waals surface area contributed by atoms with Gasteiger partial charge in [0.15, 0.2) is 5.78 Å². The molecule has 0 radical (unpaired) electrons. The van der Waals surface area contributed by atoms with Crippen molar-refractivity contribution in [1.82, 2.24) is 4.90 Å². The molecule has 0 spiro atoms. The third kappa shape index (κ3) is 4.49. The molecule has 0 fully saturated rings. The van der Waals surface area contributed by atoms with E-state index in [1.807, 2.05) is 13.8 Å². The second kappa shape index (κ2) is 8.14. The number of rotatable bonds is 7. The predicted octanol–water partition coefficient (Wildman–Crippen LogP) is 3.17. The number of amides is 1. The minimum absolute atomic E-state index is 0.0104. The van der Waals surface area contributed by atoms with Gasteiger partial charge in [-0.25, -0.2) is 8.42 Å². The highest BCUT2D eigenvalue weighted by Crippen LogP contribution is 2.19. The van der Waals surface area contributed by atoms with E-state index >= 15 is 0 Å². The van der Waals surface area contributed by atoms with Gasteiger partial charge in [0, 0.05) is 29.9 Å². The Balaban J connectivity index is 2.32. The highest BCUT2D eigenvalue weighted by atomic mass is 32.2. The number of hydrogen-bond donors (Lipinski definition) is 1. The van der Waals surface area contributed by atoms with Crippen molar-refractivity contribution in [3.8, 4) is 0 Å². The fourth-order valence-corrected chi connectivity index (χ4v) is 3.60. The SMILES string of the molecule is CCN(CC)C(=O)c1cccc(S(=O)(=O)Nc2cccc(C(C)=O)c2)c1. The third-order valence-electron chi connectivity index (χ3n) is 3.96. The maximum absolute atomic E-state index is 12.6. The molecule has 6 nitrogen and oxygen atoms in total. The van der Waals surface area contributed by atoms with Gasteiger partial charge in [-0.1, -0.05) is 18.2 Å². The zero-order valence-corrected chi connectivity index (χ0v) is 15.8. The average Bonchev–Trinajstić information content (AvgIpc) is 2.62. The van der Waals surface area contributed by atoms with Gasteiger partial charge in [0.1, 0.15) is 0 Å². The number of ketones is 1. The molecule has 0 unspecified atom stereocenters. The van der Waals surface area contributed by atoms with Crippen LogP contribution in [-0.4, -0.2) is 38.1 Å². The van der Waals surface area contributed by atoms with Crippen LogP contribution >= 0.6 is 0 Å². The summed E-state index contributed by atoms with van der Waals surface area (Å²) in [5.74, 6) is -0.372. The Hall–Kier alpha value is -2.67. The van der Waals surface area contributed by atoms with Gasteiger partial charge in [0.25, 0.3) is 15.9 Å². The summed E-state index contributed by atoms with van der Waals surface area (Å²) < 4.78 is 27.7. The van der Waals surface area contributed by atoms with Crippen LogP contribution in [0.4, 0.5) is 5.69 Å². The van der Waals surface area contributed by atoms with Gasteiger partial charge in [0.05, 0.1) is 4.90 Å². The number of nitrogens with one attached hydrogen (secondary N) is 1. The van der Waals surface area contributed by atoms with E-state index in [0.717, 1.165) is 0 Å². The van der Waals surface area contributed by atoms with Gasteiger partial charge in [-0.3, -0.25) is 14.3 Å². The van der Waals surface area contributed by atoms with E-state index in [2.05, 4.69) is 4.72 Å². The van der Waals surface area contributed by atoms with E-state index in [0.29, 0.717) is 24.2 Å². The van der Waals surface area contributed by atoms with Gasteiger partial charge in [-0.15, -0.1) is 0 Å². The van der Waals surface area contributed by atoms with Crippen LogP contribution in [-0.2, 0) is 10.0 Å². The maximum Gasteiger partial charge on any atom is 0.261 e. The smallest absolute Gasteiger partial charge is 0.261 e. The van der Waals surface area contributed by atoms with Crippen molar-refractivity contribution in [3.63, 3.8) is 0 Å². The van der Waals surface area contributed by atoms with Crippen molar-refractivity contribution in [2.45, 2.75) is 25.7 Å². The number of hydrogen-bond acceptors (Lipinski definition) is 4. The summed E-state index contributed by atoms with van der Waals surface area (Å²) in [4.78, 5) is 25.5. The molecule has 0 aliphatic carbocycles. The number of carbonyl (C=O) groups is 2. The lowest BCUT2D eigenvalue weighted by Crippen LogP contribution is -2.30. The molecule has 0 saturated heterocycles. The predicted molar refractivity (Wildman–Crippen MR) is 101 cm³/mol. The molecule has 1 amide bonds. The molecular weight excluding hydrogens is 352 g/mol. The normalized spacial score (nSPS) is 11.0. The summed E-state index contributed by atoms with van der Waals surface area (Å²) in [5, 5.41) is 0. The zero-order chi connectivity index (χ0) is 19.3. The molecule has 7 heteroatoms. The molecule has 2 aromatic carbocycles. The second-order valence-corrected chi connectivity index (χ2v) is 7.43. The molecule has 0 aromatic heterocycles. The first-order chi connectivity index (χ1) is 12.3. The van der Waals surface area contributed by atoms with E-state index in [1.54, 1.807) is 29.2 Å². The van der Waals surface area contributed by atoms with Crippen LogP contribution in [0.2, 0.25) is 0 Å². The number of sulfonamides is 1. The summed E-state index contributed by atoms with van der Waals surface area (Å²) in [6.07, 6.45) is 0. The minimum atomic E-state index is -3.88. The van der Waals surface area contributed by atoms with Crippen LogP contribution in [0.1, 0.15) is 41.5 Å². The molecule has 0 heterocycles. The molecule has 0 saturated carbocycles. The van der Waals surface area contributed by atoms with Crippen LogP contribution in [0.15, 0.2) is 53.4 Å². The lowest BCUT2D eigenvalue weighted by molar-refractivity contribution is 0.0772. The first kappa shape index (κ1) is 19.7. The summed E-state index contributed by atoms with van der Waals surface area (Å²) in [6.45, 7) is 6.23. The van der Waals surface area contributed by atoms with Crippen molar-refractivity contribution in [1.29, 1.82) is 0 Å². The van der Waals surface area contributed by atoms with Crippen molar-refractivity contribution < 1.29 is 18.0 Å². The summed E-state index contributed by atoms with van der Waals surface area (Å²) >= 11 is 0. The fraction of sp³-hybridized carbons (Fsp3) is 0.263. The van der Waals surface area contributed by atoms with Crippen LogP contribution in [0.3, 0.4) is 0 Å². The molecule has 138 valence electrons. The number of carbonyl (C=O) groups excluding carboxylic acids is 2. The number of anilines is 1. The fourth-order valence-electron chi connectivity index (χ4n) is 2.51. The molecule has 2 aromatic rings. The molecular formula is C19H22N2O4S. The molecule has 0 atom stereocenters. The standard InChI is InChI=1S/C19H22N2O4S/c1-4-21(5-2)19(23)16-9-7-11-18(13-16)26(24,25)20-17-10-6-8-15(12-17)14(3)22/h6-13,20H,4-5H2,1-3H3. The summed E-state index contributed by atoms with van der Waals surface area (Å²) in [5.41, 5.74) is 1.02. The Bertz CT molecular complexity index is 919. The van der Waals surface area contributed by atoms with E-state index in [1.165, 1.54) is 31.2 Å². The Morgan fingerprint density at radius 3 is 2.19 bits per heavy atom. The van der Waals surface area contributed by atoms with Crippen LogP contribution in [0.5, 0.6) is 0 Å². The van der Waals surface area contributed by atoms with Crippen molar-refractivity contribution in [3.05, 3.63) is 59.7 Å². The van der Waals surface area contributed by atoms with Gasteiger partial charge in [0.2, 0.25) is 0 Å². The Morgan fingerprint density at radius 1 is 0.962 bits per heavy atom. The molecule has 0 aliphatic heterocycles. The van der Waals surface area contributed by atoms with Gasteiger partial charge in [-0.2, -0.15) is 0 Å². The van der Waals surface area contributed by atoms with Gasteiger partial charge >= 0.3 is 0 Å². The largest absolute Gasteiger partial charge is 0.339 e. The quantitative estimate of drug-likeness (QED) is 0.755. The first-order valence-electron chi connectivity index (χ1n) is 8.31. The number of benzene rings is 2. The Morgan fingerprint density at radius 2 is 1.58 bits per heavy atom. The first-order valence-corrected chi connectivity index (χ1v) is 9.80. The number of nitrogens with zero attached hydrogens (tertiary/aromatic N) is 1. The Labute approximate surface area is 153 Å². The van der Waals surface area contributed by atoms with Crippen molar-refractivity contribution >= 4 is 27.4 Å². The molecule has 1 N–H and O–H groups in total. The van der Waals surface area contributed by atoms with Gasteiger partial charge < -0.3 is 4.90 Å². The van der Waals surface area contributed by atoms with Crippen LogP contribution < -0.4 is 4.72 Å². The monoisotopic (exact) mass is 374 g/mol. The average molecular weight is 374 g/mol. The summed E-state index contributed by atoms with van der Waals surface area (Å²) in [6, 6.07) is 12.2. The molecule has 0 bridgehead atoms. The Kier molecular flexibility index (Phi) is 6.15. The summed E-state index contributed by atoms with van der Waals surface area (Å²) in [7, 11) is -3.88. The maximum atomic E-state index is 12.6. The lowest BCUT2D eigenvalue weighted by Gasteiger charge is -2.19. The van der Waals surface area contributed by atoms with Crippen LogP contribution in [0, 0.1) is 0 Å². The molecule has 0 aliphatic rings. The zero-order valence-electron chi connectivity index (χ0n) is 15.0. The van der Waals surface area contributed by atoms with Crippen molar-refractivity contribution in [2.24, 2.45) is 0 Å². The van der Waals surface area contributed by atoms with E-state index in [9.17, 15) is 18.0 Å². The molecule has 2 rings (SSSR count). The third-order valence-corrected chi connectivity index (χ3v) is 5.34. The van der Waals surface area contributed by atoms with E-state index in [-0.39, 0.29) is 22.3 Å². The van der Waals surface area contributed by atoms with E-state index in [4.69, 9.17) is 0 Å². The lowest BCUT2D eigenvalue weighted by atomic mass is 10.1. The van der Waals surface area contributed by atoms with Crippen molar-refractivity contribution in [2.75, 3.05) is 17.8 Å². The second-order valence-electron chi connectivity index (χ2n) is 5.75. The van der Waals surface area contributed by atoms with Crippen LogP contribution in [0.25, 0.3) is 0 Å². The minimum Gasteiger partial charge on any atom is -0.339 e. The highest BCUT2D eigenvalue weighted by Gasteiger charge is 2.19.